The Bertz CT molecular complexity index is 747. The number of methoxy groups -OCH3 is 1. The lowest BCUT2D eigenvalue weighted by Gasteiger charge is -2.10. The molecule has 0 bridgehead atoms. The summed E-state index contributed by atoms with van der Waals surface area (Å²) in [5.74, 6) is -0.509. The number of carbonyl (C=O) groups excluding carboxylic acids is 2. The van der Waals surface area contributed by atoms with E-state index in [1.807, 2.05) is 19.1 Å². The van der Waals surface area contributed by atoms with Crippen LogP contribution < -0.4 is 10.6 Å². The quantitative estimate of drug-likeness (QED) is 0.779. The predicted molar refractivity (Wildman–Crippen MR) is 95.7 cm³/mol. The molecule has 0 heterocycles. The summed E-state index contributed by atoms with van der Waals surface area (Å²) < 4.78 is 4.68. The summed E-state index contributed by atoms with van der Waals surface area (Å²) in [6.45, 7) is 2.35. The van der Waals surface area contributed by atoms with Gasteiger partial charge in [0.15, 0.2) is 0 Å². The third-order valence-corrected chi connectivity index (χ3v) is 3.67. The molecule has 2 N–H and O–H groups in total. The van der Waals surface area contributed by atoms with E-state index in [1.54, 1.807) is 30.3 Å². The van der Waals surface area contributed by atoms with Gasteiger partial charge in [-0.15, -0.1) is 0 Å². The second-order valence-corrected chi connectivity index (χ2v) is 5.69. The molecule has 2 rings (SSSR count). The number of aryl methyl sites for hydroxylation is 1. The molecule has 24 heavy (non-hydrogen) atoms. The van der Waals surface area contributed by atoms with Crippen LogP contribution in [-0.4, -0.2) is 25.5 Å². The van der Waals surface area contributed by atoms with Gasteiger partial charge in [-0.1, -0.05) is 23.7 Å². The molecule has 0 aliphatic carbocycles. The molecule has 0 radical (unpaired) electrons. The van der Waals surface area contributed by atoms with Crippen LogP contribution in [0.1, 0.15) is 22.3 Å². The molecule has 0 fully saturated rings. The predicted octanol–water partition coefficient (Wildman–Crippen LogP) is 3.88. The van der Waals surface area contributed by atoms with Gasteiger partial charge >= 0.3 is 5.97 Å². The minimum absolute atomic E-state index is 0.114. The lowest BCUT2D eigenvalue weighted by atomic mass is 10.2. The normalized spacial score (nSPS) is 10.1. The van der Waals surface area contributed by atoms with Crippen molar-refractivity contribution in [2.45, 2.75) is 13.3 Å². The number of hydrogen-bond donors (Lipinski definition) is 2. The Morgan fingerprint density at radius 1 is 1.17 bits per heavy atom. The van der Waals surface area contributed by atoms with Gasteiger partial charge in [0.2, 0.25) is 5.91 Å². The fourth-order valence-corrected chi connectivity index (χ4v) is 2.31. The van der Waals surface area contributed by atoms with Crippen molar-refractivity contribution in [1.82, 2.24) is 0 Å². The van der Waals surface area contributed by atoms with Crippen LogP contribution in [0.3, 0.4) is 0 Å². The van der Waals surface area contributed by atoms with Crippen molar-refractivity contribution in [2.75, 3.05) is 24.3 Å². The number of hydrogen-bond acceptors (Lipinski definition) is 4. The van der Waals surface area contributed by atoms with Crippen LogP contribution >= 0.6 is 11.6 Å². The van der Waals surface area contributed by atoms with E-state index >= 15 is 0 Å². The molecular weight excluding hydrogens is 328 g/mol. The molecule has 0 saturated carbocycles. The molecule has 1 amide bonds. The van der Waals surface area contributed by atoms with Crippen LogP contribution in [0.2, 0.25) is 5.02 Å². The third kappa shape index (κ3) is 4.99. The third-order valence-electron chi connectivity index (χ3n) is 3.44. The summed E-state index contributed by atoms with van der Waals surface area (Å²) in [6.07, 6.45) is 0.286. The van der Waals surface area contributed by atoms with Gasteiger partial charge in [0, 0.05) is 29.4 Å². The Balaban J connectivity index is 1.86. The van der Waals surface area contributed by atoms with Crippen molar-refractivity contribution >= 4 is 34.9 Å². The maximum atomic E-state index is 12.0. The maximum Gasteiger partial charge on any atom is 0.337 e. The highest BCUT2D eigenvalue weighted by Gasteiger charge is 2.07. The second-order valence-electron chi connectivity index (χ2n) is 5.26. The number of benzene rings is 2. The first kappa shape index (κ1) is 17.8. The van der Waals surface area contributed by atoms with E-state index in [4.69, 9.17) is 11.6 Å². The van der Waals surface area contributed by atoms with Gasteiger partial charge in [-0.2, -0.15) is 0 Å². The first-order valence-corrected chi connectivity index (χ1v) is 7.85. The zero-order valence-corrected chi connectivity index (χ0v) is 14.3. The van der Waals surface area contributed by atoms with Crippen molar-refractivity contribution < 1.29 is 14.3 Å². The number of nitrogens with one attached hydrogen (secondary N) is 2. The Hall–Kier alpha value is -2.53. The molecule has 0 aliphatic rings. The van der Waals surface area contributed by atoms with E-state index in [0.717, 1.165) is 11.3 Å². The van der Waals surface area contributed by atoms with Crippen molar-refractivity contribution in [3.05, 3.63) is 58.6 Å². The van der Waals surface area contributed by atoms with Crippen LogP contribution in [-0.2, 0) is 9.53 Å². The summed E-state index contributed by atoms with van der Waals surface area (Å²) >= 11 is 5.94. The van der Waals surface area contributed by atoms with Gasteiger partial charge < -0.3 is 15.4 Å². The fourth-order valence-electron chi connectivity index (χ4n) is 2.14. The van der Waals surface area contributed by atoms with E-state index in [-0.39, 0.29) is 12.3 Å². The maximum absolute atomic E-state index is 12.0. The van der Waals surface area contributed by atoms with Crippen LogP contribution in [0.25, 0.3) is 0 Å². The number of halogens is 1. The SMILES string of the molecule is COC(=O)c1cccc(NCCC(=O)Nc2cc(Cl)ccc2C)c1. The van der Waals surface area contributed by atoms with Crippen molar-refractivity contribution in [3.8, 4) is 0 Å². The highest BCUT2D eigenvalue weighted by molar-refractivity contribution is 6.31. The Morgan fingerprint density at radius 3 is 2.71 bits per heavy atom. The molecule has 5 nitrogen and oxygen atoms in total. The molecule has 6 heteroatoms. The van der Waals surface area contributed by atoms with Crippen LogP contribution in [0.15, 0.2) is 42.5 Å². The Kier molecular flexibility index (Phi) is 6.21. The van der Waals surface area contributed by atoms with Crippen molar-refractivity contribution in [3.63, 3.8) is 0 Å². The monoisotopic (exact) mass is 346 g/mol. The molecule has 2 aromatic rings. The van der Waals surface area contributed by atoms with Crippen LogP contribution in [0, 0.1) is 6.92 Å². The minimum Gasteiger partial charge on any atom is -0.465 e. The smallest absolute Gasteiger partial charge is 0.337 e. The summed E-state index contributed by atoms with van der Waals surface area (Å²) in [5.41, 5.74) is 2.87. The zero-order valence-electron chi connectivity index (χ0n) is 13.6. The van der Waals surface area contributed by atoms with Gasteiger partial charge in [0.1, 0.15) is 0 Å². The Morgan fingerprint density at radius 2 is 1.96 bits per heavy atom. The lowest BCUT2D eigenvalue weighted by molar-refractivity contribution is -0.115. The zero-order chi connectivity index (χ0) is 17.5. The highest BCUT2D eigenvalue weighted by atomic mass is 35.5. The standard InChI is InChI=1S/C18H19ClN2O3/c1-12-6-7-14(19)11-16(12)21-17(22)8-9-20-15-5-3-4-13(10-15)18(23)24-2/h3-7,10-11,20H,8-9H2,1-2H3,(H,21,22). The van der Waals surface area contributed by atoms with E-state index < -0.39 is 5.97 Å². The number of anilines is 2. The van der Waals surface area contributed by atoms with Gasteiger partial charge in [0.05, 0.1) is 12.7 Å². The molecule has 0 atom stereocenters. The molecule has 0 aliphatic heterocycles. The van der Waals surface area contributed by atoms with Crippen LogP contribution in [0.4, 0.5) is 11.4 Å². The van der Waals surface area contributed by atoms with Gasteiger partial charge in [-0.05, 0) is 42.8 Å². The van der Waals surface area contributed by atoms with Crippen molar-refractivity contribution in [1.29, 1.82) is 0 Å². The molecule has 0 saturated heterocycles. The number of rotatable bonds is 6. The van der Waals surface area contributed by atoms with E-state index in [0.29, 0.717) is 22.8 Å². The summed E-state index contributed by atoms with van der Waals surface area (Å²) in [4.78, 5) is 23.5. The first-order valence-electron chi connectivity index (χ1n) is 7.48. The van der Waals surface area contributed by atoms with Gasteiger partial charge in [-0.25, -0.2) is 4.79 Å². The largest absolute Gasteiger partial charge is 0.465 e. The molecule has 2 aromatic carbocycles. The van der Waals surface area contributed by atoms with Crippen LogP contribution in [0.5, 0.6) is 0 Å². The van der Waals surface area contributed by atoms with E-state index in [2.05, 4.69) is 15.4 Å². The second kappa shape index (κ2) is 8.36. The highest BCUT2D eigenvalue weighted by Crippen LogP contribution is 2.20. The molecule has 0 unspecified atom stereocenters. The summed E-state index contributed by atoms with van der Waals surface area (Å²) in [5, 5.41) is 6.53. The summed E-state index contributed by atoms with van der Waals surface area (Å²) in [6, 6.07) is 12.3. The molecule has 0 spiro atoms. The lowest BCUT2D eigenvalue weighted by Crippen LogP contribution is -2.17. The molecule has 126 valence electrons. The average molecular weight is 347 g/mol. The minimum atomic E-state index is -0.396. The topological polar surface area (TPSA) is 67.4 Å². The number of ether oxygens (including phenoxy) is 1. The van der Waals surface area contributed by atoms with E-state index in [9.17, 15) is 9.59 Å². The number of esters is 1. The average Bonchev–Trinajstić information content (AvgIpc) is 2.57. The molecule has 0 aromatic heterocycles. The summed E-state index contributed by atoms with van der Waals surface area (Å²) in [7, 11) is 1.34. The first-order chi connectivity index (χ1) is 11.5. The fraction of sp³-hybridized carbons (Fsp3) is 0.222. The Labute approximate surface area is 146 Å². The number of amides is 1. The molecular formula is C18H19ClN2O3. The number of carbonyl (C=O) groups is 2. The van der Waals surface area contributed by atoms with Gasteiger partial charge in [-0.3, -0.25) is 4.79 Å². The van der Waals surface area contributed by atoms with Crippen molar-refractivity contribution in [2.24, 2.45) is 0 Å². The van der Waals surface area contributed by atoms with Gasteiger partial charge in [0.25, 0.3) is 0 Å². The van der Waals surface area contributed by atoms with E-state index in [1.165, 1.54) is 7.11 Å².